The summed E-state index contributed by atoms with van der Waals surface area (Å²) in [4.78, 5) is 10.8. The Morgan fingerprint density at radius 2 is 2.12 bits per heavy atom. The number of carbonyl (C=O) groups is 1. The first-order valence-electron chi connectivity index (χ1n) is 5.31. The van der Waals surface area contributed by atoms with Gasteiger partial charge in [-0.1, -0.05) is 25.1 Å². The lowest BCUT2D eigenvalue weighted by molar-refractivity contribution is -0.120. The average Bonchev–Trinajstić information content (AvgIpc) is 2.26. The molecule has 1 rings (SSSR count). The highest BCUT2D eigenvalue weighted by Crippen LogP contribution is 2.15. The van der Waals surface area contributed by atoms with Crippen LogP contribution in [0.15, 0.2) is 24.3 Å². The summed E-state index contributed by atoms with van der Waals surface area (Å²) in [6.07, 6.45) is 0.933. The van der Waals surface area contributed by atoms with Gasteiger partial charge >= 0.3 is 0 Å². The van der Waals surface area contributed by atoms with Crippen LogP contribution in [0, 0.1) is 5.92 Å². The van der Waals surface area contributed by atoms with Crippen molar-refractivity contribution in [2.45, 2.75) is 13.3 Å². The number of nitrogens with two attached hydrogens (primary N) is 2. The Labute approximate surface area is 101 Å². The van der Waals surface area contributed by atoms with Crippen LogP contribution in [0.5, 0.6) is 0 Å². The number of primary amides is 1. The maximum absolute atomic E-state index is 10.8. The SMILES string of the molecule is C[C@H](CSCCc1ccccc1N)C(N)=O. The third kappa shape index (κ3) is 4.14. The zero-order chi connectivity index (χ0) is 12.0. The first-order valence-corrected chi connectivity index (χ1v) is 6.47. The molecule has 0 radical (unpaired) electrons. The number of hydrogen-bond donors (Lipinski definition) is 2. The lowest BCUT2D eigenvalue weighted by atomic mass is 10.1. The molecule has 3 nitrogen and oxygen atoms in total. The number of anilines is 1. The summed E-state index contributed by atoms with van der Waals surface area (Å²) in [5, 5.41) is 0. The predicted molar refractivity (Wildman–Crippen MR) is 70.2 cm³/mol. The van der Waals surface area contributed by atoms with E-state index in [1.165, 1.54) is 5.56 Å². The molecule has 0 aliphatic rings. The Hall–Kier alpha value is -1.16. The van der Waals surface area contributed by atoms with Gasteiger partial charge in [-0.3, -0.25) is 4.79 Å². The molecule has 0 fully saturated rings. The predicted octanol–water partition coefficient (Wildman–Crippen LogP) is 1.67. The van der Waals surface area contributed by atoms with Crippen LogP contribution in [0.25, 0.3) is 0 Å². The first kappa shape index (κ1) is 12.9. The van der Waals surface area contributed by atoms with Crippen LogP contribution < -0.4 is 11.5 Å². The van der Waals surface area contributed by atoms with Gasteiger partial charge in [0, 0.05) is 17.4 Å². The summed E-state index contributed by atoms with van der Waals surface area (Å²) in [5.74, 6) is 1.46. The van der Waals surface area contributed by atoms with E-state index < -0.39 is 0 Å². The second-order valence-corrected chi connectivity index (χ2v) is 4.98. The Kier molecular flexibility index (Phi) is 5.19. The summed E-state index contributed by atoms with van der Waals surface area (Å²) in [6, 6.07) is 7.86. The van der Waals surface area contributed by atoms with Crippen molar-refractivity contribution in [3.8, 4) is 0 Å². The standard InChI is InChI=1S/C12H18N2OS/c1-9(12(14)15)8-16-7-6-10-4-2-3-5-11(10)13/h2-5,9H,6-8,13H2,1H3,(H2,14,15)/t9-/m1/s1. The fourth-order valence-electron chi connectivity index (χ4n) is 1.29. The van der Waals surface area contributed by atoms with Crippen LogP contribution in [0.3, 0.4) is 0 Å². The van der Waals surface area contributed by atoms with Gasteiger partial charge in [-0.05, 0) is 23.8 Å². The normalized spacial score (nSPS) is 12.3. The molecule has 4 heteroatoms. The third-order valence-electron chi connectivity index (χ3n) is 2.42. The Morgan fingerprint density at radius 1 is 1.44 bits per heavy atom. The molecule has 1 aromatic rings. The van der Waals surface area contributed by atoms with E-state index in [4.69, 9.17) is 11.5 Å². The maximum Gasteiger partial charge on any atom is 0.221 e. The van der Waals surface area contributed by atoms with E-state index in [0.29, 0.717) is 0 Å². The molecule has 0 saturated heterocycles. The highest BCUT2D eigenvalue weighted by atomic mass is 32.2. The van der Waals surface area contributed by atoms with Crippen LogP contribution in [0.1, 0.15) is 12.5 Å². The molecule has 1 aromatic carbocycles. The topological polar surface area (TPSA) is 69.1 Å². The van der Waals surface area contributed by atoms with Crippen molar-refractivity contribution in [1.82, 2.24) is 0 Å². The molecule has 0 aliphatic carbocycles. The van der Waals surface area contributed by atoms with Gasteiger partial charge in [0.25, 0.3) is 0 Å². The van der Waals surface area contributed by atoms with E-state index in [2.05, 4.69) is 0 Å². The number of rotatable bonds is 6. The summed E-state index contributed by atoms with van der Waals surface area (Å²) in [6.45, 7) is 1.85. The van der Waals surface area contributed by atoms with Crippen LogP contribution in [0.4, 0.5) is 5.69 Å². The highest BCUT2D eigenvalue weighted by molar-refractivity contribution is 7.99. The van der Waals surface area contributed by atoms with Crippen molar-refractivity contribution in [3.63, 3.8) is 0 Å². The summed E-state index contributed by atoms with van der Waals surface area (Å²) >= 11 is 1.74. The summed E-state index contributed by atoms with van der Waals surface area (Å²) < 4.78 is 0. The lowest BCUT2D eigenvalue weighted by Crippen LogP contribution is -2.22. The van der Waals surface area contributed by atoms with Crippen molar-refractivity contribution in [3.05, 3.63) is 29.8 Å². The quantitative estimate of drug-likeness (QED) is 0.585. The van der Waals surface area contributed by atoms with Gasteiger partial charge in [-0.25, -0.2) is 0 Å². The van der Waals surface area contributed by atoms with Gasteiger partial charge in [0.1, 0.15) is 0 Å². The fourth-order valence-corrected chi connectivity index (χ4v) is 2.33. The highest BCUT2D eigenvalue weighted by Gasteiger charge is 2.08. The molecule has 1 amide bonds. The number of amides is 1. The number of nitrogen functional groups attached to an aromatic ring is 1. The van der Waals surface area contributed by atoms with Crippen molar-refractivity contribution in [2.75, 3.05) is 17.2 Å². The number of benzene rings is 1. The largest absolute Gasteiger partial charge is 0.399 e. The van der Waals surface area contributed by atoms with Crippen molar-refractivity contribution >= 4 is 23.4 Å². The van der Waals surface area contributed by atoms with Crippen molar-refractivity contribution < 1.29 is 4.79 Å². The van der Waals surface area contributed by atoms with Gasteiger partial charge in [0.15, 0.2) is 0 Å². The molecular weight excluding hydrogens is 220 g/mol. The molecule has 88 valence electrons. The molecule has 16 heavy (non-hydrogen) atoms. The van der Waals surface area contributed by atoms with E-state index in [9.17, 15) is 4.79 Å². The minimum absolute atomic E-state index is 0.0573. The van der Waals surface area contributed by atoms with Crippen molar-refractivity contribution in [2.24, 2.45) is 11.7 Å². The number of hydrogen-bond acceptors (Lipinski definition) is 3. The van der Waals surface area contributed by atoms with E-state index >= 15 is 0 Å². The minimum atomic E-state index is -0.230. The third-order valence-corrected chi connectivity index (χ3v) is 3.65. The van der Waals surface area contributed by atoms with Gasteiger partial charge in [-0.15, -0.1) is 0 Å². The minimum Gasteiger partial charge on any atom is -0.399 e. The molecule has 0 unspecified atom stereocenters. The molecule has 0 aliphatic heterocycles. The van der Waals surface area contributed by atoms with Crippen LogP contribution >= 0.6 is 11.8 Å². The average molecular weight is 238 g/mol. The maximum atomic E-state index is 10.8. The van der Waals surface area contributed by atoms with E-state index in [-0.39, 0.29) is 11.8 Å². The Morgan fingerprint density at radius 3 is 2.75 bits per heavy atom. The lowest BCUT2D eigenvalue weighted by Gasteiger charge is -2.07. The van der Waals surface area contributed by atoms with Gasteiger partial charge in [0.2, 0.25) is 5.91 Å². The zero-order valence-electron chi connectivity index (χ0n) is 9.48. The number of thioether (sulfide) groups is 1. The molecule has 0 bridgehead atoms. The van der Waals surface area contributed by atoms with E-state index in [1.54, 1.807) is 11.8 Å². The van der Waals surface area contributed by atoms with Crippen LogP contribution in [-0.4, -0.2) is 17.4 Å². The van der Waals surface area contributed by atoms with Crippen molar-refractivity contribution in [1.29, 1.82) is 0 Å². The zero-order valence-corrected chi connectivity index (χ0v) is 10.3. The number of para-hydroxylation sites is 1. The van der Waals surface area contributed by atoms with Gasteiger partial charge in [0.05, 0.1) is 0 Å². The molecule has 0 saturated carbocycles. The Bertz CT molecular complexity index is 355. The number of aryl methyl sites for hydroxylation is 1. The Balaban J connectivity index is 2.26. The molecular formula is C12H18N2OS. The first-order chi connectivity index (χ1) is 7.61. The molecule has 1 atom stereocenters. The van der Waals surface area contributed by atoms with E-state index in [0.717, 1.165) is 23.6 Å². The second-order valence-electron chi connectivity index (χ2n) is 3.83. The molecule has 0 spiro atoms. The smallest absolute Gasteiger partial charge is 0.221 e. The summed E-state index contributed by atoms with van der Waals surface area (Å²) in [5.41, 5.74) is 13.0. The second kappa shape index (κ2) is 6.43. The monoisotopic (exact) mass is 238 g/mol. The van der Waals surface area contributed by atoms with Crippen LogP contribution in [0.2, 0.25) is 0 Å². The molecule has 0 heterocycles. The van der Waals surface area contributed by atoms with E-state index in [1.807, 2.05) is 31.2 Å². The number of carbonyl (C=O) groups excluding carboxylic acids is 1. The summed E-state index contributed by atoms with van der Waals surface area (Å²) in [7, 11) is 0. The van der Waals surface area contributed by atoms with Crippen LogP contribution in [-0.2, 0) is 11.2 Å². The molecule has 4 N–H and O–H groups in total. The fraction of sp³-hybridized carbons (Fsp3) is 0.417. The van der Waals surface area contributed by atoms with Gasteiger partial charge in [-0.2, -0.15) is 11.8 Å². The molecule has 0 aromatic heterocycles. The van der Waals surface area contributed by atoms with Gasteiger partial charge < -0.3 is 11.5 Å².